The molecule has 2 aliphatic rings. The number of hydrogen-bond acceptors (Lipinski definition) is 0. The van der Waals surface area contributed by atoms with Crippen LogP contribution in [0.4, 0.5) is 4.39 Å². The van der Waals surface area contributed by atoms with Crippen molar-refractivity contribution in [3.8, 4) is 0 Å². The van der Waals surface area contributed by atoms with Crippen LogP contribution in [0.1, 0.15) is 33.3 Å². The highest BCUT2D eigenvalue weighted by Crippen LogP contribution is 2.37. The van der Waals surface area contributed by atoms with Gasteiger partial charge in [-0.2, -0.15) is 0 Å². The molecule has 0 atom stereocenters. The third-order valence-corrected chi connectivity index (χ3v) is 5.05. The van der Waals surface area contributed by atoms with E-state index >= 15 is 4.39 Å². The second kappa shape index (κ2) is 8.84. The van der Waals surface area contributed by atoms with Crippen LogP contribution in [0.25, 0.3) is 6.08 Å². The predicted octanol–water partition coefficient (Wildman–Crippen LogP) is 7.83. The standard InChI is InChI=1S/C27H27F/c1-19(2)24-17-15-21(4)26-25(18-24)20(3)14-16-23(27(26)28)13-9-8-12-22-10-6-5-7-11-22/h5-19H,1-4H3/b12-8+,13-9-. The van der Waals surface area contributed by atoms with Gasteiger partial charge in [0.1, 0.15) is 5.83 Å². The van der Waals surface area contributed by atoms with E-state index < -0.39 is 0 Å². The molecule has 28 heavy (non-hydrogen) atoms. The summed E-state index contributed by atoms with van der Waals surface area (Å²) < 4.78 is 15.5. The average molecular weight is 371 g/mol. The summed E-state index contributed by atoms with van der Waals surface area (Å²) in [7, 11) is 0. The van der Waals surface area contributed by atoms with E-state index in [-0.39, 0.29) is 5.83 Å². The lowest BCUT2D eigenvalue weighted by Gasteiger charge is -2.12. The second-order valence-electron chi connectivity index (χ2n) is 7.52. The molecule has 0 nitrogen and oxygen atoms in total. The molecule has 1 aromatic carbocycles. The van der Waals surface area contributed by atoms with Gasteiger partial charge in [-0.3, -0.25) is 0 Å². The van der Waals surface area contributed by atoms with Crippen molar-refractivity contribution in [1.29, 1.82) is 0 Å². The smallest absolute Gasteiger partial charge is 0.138 e. The molecule has 2 aliphatic carbocycles. The van der Waals surface area contributed by atoms with Crippen molar-refractivity contribution in [3.63, 3.8) is 0 Å². The number of benzene rings is 1. The first-order valence-electron chi connectivity index (χ1n) is 9.77. The number of halogens is 1. The van der Waals surface area contributed by atoms with E-state index in [0.29, 0.717) is 17.1 Å². The molecule has 1 aromatic rings. The van der Waals surface area contributed by atoms with Gasteiger partial charge >= 0.3 is 0 Å². The van der Waals surface area contributed by atoms with Crippen LogP contribution < -0.4 is 0 Å². The second-order valence-corrected chi connectivity index (χ2v) is 7.52. The zero-order valence-electron chi connectivity index (χ0n) is 17.0. The van der Waals surface area contributed by atoms with Gasteiger partial charge in [0.15, 0.2) is 0 Å². The lowest BCUT2D eigenvalue weighted by atomic mass is 9.94. The first-order valence-corrected chi connectivity index (χ1v) is 9.77. The van der Waals surface area contributed by atoms with Crippen LogP contribution in [0.3, 0.4) is 0 Å². The molecule has 0 amide bonds. The fourth-order valence-electron chi connectivity index (χ4n) is 3.31. The lowest BCUT2D eigenvalue weighted by molar-refractivity contribution is 0.648. The van der Waals surface area contributed by atoms with Gasteiger partial charge in [0.25, 0.3) is 0 Å². The van der Waals surface area contributed by atoms with Gasteiger partial charge in [-0.25, -0.2) is 4.39 Å². The van der Waals surface area contributed by atoms with Gasteiger partial charge in [-0.1, -0.05) is 98.9 Å². The Labute approximate surface area is 168 Å². The van der Waals surface area contributed by atoms with Crippen molar-refractivity contribution in [2.45, 2.75) is 27.7 Å². The summed E-state index contributed by atoms with van der Waals surface area (Å²) in [5.74, 6) is 0.223. The molecular weight excluding hydrogens is 343 g/mol. The Hall–Kier alpha value is -2.93. The van der Waals surface area contributed by atoms with Crippen molar-refractivity contribution in [2.24, 2.45) is 5.92 Å². The fourth-order valence-corrected chi connectivity index (χ4v) is 3.31. The van der Waals surface area contributed by atoms with Crippen molar-refractivity contribution in [3.05, 3.63) is 124 Å². The van der Waals surface area contributed by atoms with Crippen LogP contribution in [0, 0.1) is 5.92 Å². The van der Waals surface area contributed by atoms with E-state index in [2.05, 4.69) is 26.0 Å². The van der Waals surface area contributed by atoms with E-state index in [0.717, 1.165) is 22.3 Å². The molecule has 0 aromatic heterocycles. The quantitative estimate of drug-likeness (QED) is 0.474. The number of allylic oxidation sites excluding steroid dienone is 15. The highest BCUT2D eigenvalue weighted by atomic mass is 19.1. The third kappa shape index (κ3) is 4.48. The Bertz CT molecular complexity index is 984. The average Bonchev–Trinajstić information content (AvgIpc) is 2.92. The molecule has 0 aliphatic heterocycles. The molecule has 0 radical (unpaired) electrons. The molecular formula is C27H27F. The molecule has 0 spiro atoms. The lowest BCUT2D eigenvalue weighted by Crippen LogP contribution is -1.96. The number of fused-ring (bicyclic) bond motifs is 1. The largest absolute Gasteiger partial charge is 0.206 e. The summed E-state index contributed by atoms with van der Waals surface area (Å²) >= 11 is 0. The van der Waals surface area contributed by atoms with Gasteiger partial charge in [0.05, 0.1) is 0 Å². The van der Waals surface area contributed by atoms with Crippen molar-refractivity contribution in [2.75, 3.05) is 0 Å². The van der Waals surface area contributed by atoms with Gasteiger partial charge in [-0.15, -0.1) is 0 Å². The zero-order chi connectivity index (χ0) is 20.1. The Kier molecular flexibility index (Phi) is 6.26. The van der Waals surface area contributed by atoms with Crippen LogP contribution in [-0.2, 0) is 0 Å². The SMILES string of the molecule is CC1=C2C=C(C(C)C)C=CC(C)=C2C(F)=C(/C=C\C=C\c2ccccc2)C=C1. The number of hydrogen-bond donors (Lipinski definition) is 0. The summed E-state index contributed by atoms with van der Waals surface area (Å²) in [6.07, 6.45) is 17.8. The minimum Gasteiger partial charge on any atom is -0.206 e. The minimum absolute atomic E-state index is 0.170. The molecule has 0 unspecified atom stereocenters. The Balaban J connectivity index is 1.97. The topological polar surface area (TPSA) is 0 Å². The Morgan fingerprint density at radius 1 is 0.821 bits per heavy atom. The highest BCUT2D eigenvalue weighted by molar-refractivity contribution is 5.66. The van der Waals surface area contributed by atoms with Crippen LogP contribution in [-0.4, -0.2) is 0 Å². The molecule has 0 fully saturated rings. The maximum absolute atomic E-state index is 15.5. The molecule has 0 saturated carbocycles. The summed E-state index contributed by atoms with van der Waals surface area (Å²) in [6.45, 7) is 8.36. The van der Waals surface area contributed by atoms with Crippen LogP contribution in [0.15, 0.2) is 118 Å². The molecule has 0 heterocycles. The summed E-state index contributed by atoms with van der Waals surface area (Å²) in [5.41, 5.74) is 6.63. The molecule has 0 N–H and O–H groups in total. The third-order valence-electron chi connectivity index (χ3n) is 5.05. The first-order chi connectivity index (χ1) is 13.5. The van der Waals surface area contributed by atoms with Crippen molar-refractivity contribution in [1.82, 2.24) is 0 Å². The summed E-state index contributed by atoms with van der Waals surface area (Å²) in [6, 6.07) is 10.1. The first kappa shape index (κ1) is 19.8. The molecule has 142 valence electrons. The van der Waals surface area contributed by atoms with Gasteiger partial charge < -0.3 is 0 Å². The molecule has 3 rings (SSSR count). The summed E-state index contributed by atoms with van der Waals surface area (Å²) in [5, 5.41) is 0. The maximum Gasteiger partial charge on any atom is 0.138 e. The highest BCUT2D eigenvalue weighted by Gasteiger charge is 2.21. The van der Waals surface area contributed by atoms with E-state index in [1.165, 1.54) is 5.57 Å². The fraction of sp³-hybridized carbons (Fsp3) is 0.185. The normalized spacial score (nSPS) is 17.7. The van der Waals surface area contributed by atoms with Crippen LogP contribution >= 0.6 is 0 Å². The van der Waals surface area contributed by atoms with E-state index in [1.807, 2.05) is 86.7 Å². The van der Waals surface area contributed by atoms with Gasteiger partial charge in [0, 0.05) is 11.1 Å². The molecule has 1 heteroatoms. The predicted molar refractivity (Wildman–Crippen MR) is 119 cm³/mol. The summed E-state index contributed by atoms with van der Waals surface area (Å²) in [4.78, 5) is 0. The van der Waals surface area contributed by atoms with Gasteiger partial charge in [0.2, 0.25) is 0 Å². The Morgan fingerprint density at radius 2 is 1.50 bits per heavy atom. The number of rotatable bonds is 4. The van der Waals surface area contributed by atoms with Gasteiger partial charge in [-0.05, 0) is 47.6 Å². The monoisotopic (exact) mass is 370 g/mol. The van der Waals surface area contributed by atoms with Crippen LogP contribution in [0.2, 0.25) is 0 Å². The van der Waals surface area contributed by atoms with Crippen molar-refractivity contribution < 1.29 is 4.39 Å². The van der Waals surface area contributed by atoms with E-state index in [4.69, 9.17) is 0 Å². The van der Waals surface area contributed by atoms with E-state index in [9.17, 15) is 0 Å². The zero-order valence-corrected chi connectivity index (χ0v) is 17.0. The van der Waals surface area contributed by atoms with Crippen LogP contribution in [0.5, 0.6) is 0 Å². The Morgan fingerprint density at radius 3 is 2.21 bits per heavy atom. The van der Waals surface area contributed by atoms with Crippen molar-refractivity contribution >= 4 is 6.08 Å². The van der Waals surface area contributed by atoms with E-state index in [1.54, 1.807) is 0 Å². The molecule has 0 saturated heterocycles. The molecule has 0 bridgehead atoms. The maximum atomic E-state index is 15.5. The minimum atomic E-state index is -0.170.